The topological polar surface area (TPSA) is 110 Å². The molecule has 0 saturated heterocycles. The third-order valence-electron chi connectivity index (χ3n) is 7.66. The second kappa shape index (κ2) is 7.36. The van der Waals surface area contributed by atoms with Crippen molar-refractivity contribution in [2.75, 3.05) is 0 Å². The Labute approximate surface area is 209 Å². The minimum absolute atomic E-state index is 0.0308. The van der Waals surface area contributed by atoms with E-state index in [1.165, 1.54) is 12.1 Å². The average Bonchev–Trinajstić information content (AvgIpc) is 3.22. The number of carbonyl (C=O) groups is 1. The molecule has 0 radical (unpaired) electrons. The smallest absolute Gasteiger partial charge is 0.254 e. The molecule has 7 rings (SSSR count). The fourth-order valence-corrected chi connectivity index (χ4v) is 5.89. The first kappa shape index (κ1) is 21.5. The fraction of sp³-hybridized carbons (Fsp3) is 0.320. The van der Waals surface area contributed by atoms with E-state index in [1.807, 2.05) is 0 Å². The van der Waals surface area contributed by atoms with Gasteiger partial charge < -0.3 is 14.9 Å². The number of aryl methyl sites for hydroxylation is 1. The van der Waals surface area contributed by atoms with Crippen LogP contribution in [-0.2, 0) is 19.9 Å². The van der Waals surface area contributed by atoms with Gasteiger partial charge in [-0.05, 0) is 43.7 Å². The first-order chi connectivity index (χ1) is 17.3. The quantitative estimate of drug-likeness (QED) is 0.435. The molecule has 2 N–H and O–H groups in total. The van der Waals surface area contributed by atoms with Crippen LogP contribution >= 0.6 is 11.6 Å². The van der Waals surface area contributed by atoms with E-state index in [1.54, 1.807) is 34.8 Å². The zero-order valence-electron chi connectivity index (χ0n) is 19.3. The van der Waals surface area contributed by atoms with E-state index in [4.69, 9.17) is 11.6 Å². The van der Waals surface area contributed by atoms with Crippen molar-refractivity contribution in [3.05, 3.63) is 74.4 Å². The number of aromatic amines is 1. The maximum atomic E-state index is 15.5. The Hall–Kier alpha value is -3.79. The zero-order valence-corrected chi connectivity index (χ0v) is 20.1. The minimum atomic E-state index is -0.597. The number of imidazole rings is 1. The second-order valence-corrected chi connectivity index (χ2v) is 10.3. The second-order valence-electron chi connectivity index (χ2n) is 9.87. The van der Waals surface area contributed by atoms with E-state index in [2.05, 4.69) is 25.6 Å². The highest BCUT2D eigenvalue weighted by molar-refractivity contribution is 6.31. The van der Waals surface area contributed by atoms with E-state index in [9.17, 15) is 9.59 Å². The fourth-order valence-electron chi connectivity index (χ4n) is 5.74. The molecule has 1 saturated carbocycles. The van der Waals surface area contributed by atoms with Gasteiger partial charge in [0.1, 0.15) is 17.3 Å². The van der Waals surface area contributed by atoms with Crippen LogP contribution in [-0.4, -0.2) is 41.0 Å². The summed E-state index contributed by atoms with van der Waals surface area (Å²) in [5.41, 5.74) is 3.02. The predicted octanol–water partition coefficient (Wildman–Crippen LogP) is 3.18. The molecule has 1 spiro atoms. The van der Waals surface area contributed by atoms with Gasteiger partial charge in [0.25, 0.3) is 11.5 Å². The lowest BCUT2D eigenvalue weighted by Gasteiger charge is -2.27. The summed E-state index contributed by atoms with van der Waals surface area (Å²) < 4.78 is 18.7. The summed E-state index contributed by atoms with van der Waals surface area (Å²) in [6.45, 7) is 0. The summed E-state index contributed by atoms with van der Waals surface area (Å²) in [6.07, 6.45) is 6.52. The molecule has 0 unspecified atom stereocenters. The molecule has 0 bridgehead atoms. The van der Waals surface area contributed by atoms with E-state index in [0.717, 1.165) is 29.8 Å². The van der Waals surface area contributed by atoms with Gasteiger partial charge in [0.15, 0.2) is 0 Å². The Morgan fingerprint density at radius 1 is 1.19 bits per heavy atom. The molecule has 1 atom stereocenters. The molecule has 3 aliphatic rings. The Kier molecular flexibility index (Phi) is 4.39. The molecule has 1 fully saturated rings. The number of hydrogen-bond acceptors (Lipinski definition) is 5. The molecule has 11 heteroatoms. The van der Waals surface area contributed by atoms with Crippen LogP contribution in [0, 0.1) is 5.82 Å². The first-order valence-electron chi connectivity index (χ1n) is 11.8. The molecule has 182 valence electrons. The zero-order chi connectivity index (χ0) is 24.8. The van der Waals surface area contributed by atoms with Crippen molar-refractivity contribution in [1.29, 1.82) is 0 Å². The van der Waals surface area contributed by atoms with E-state index < -0.39 is 5.82 Å². The van der Waals surface area contributed by atoms with Crippen molar-refractivity contribution >= 4 is 17.5 Å². The summed E-state index contributed by atoms with van der Waals surface area (Å²) >= 11 is 6.16. The maximum Gasteiger partial charge on any atom is 0.254 e. The third-order valence-corrected chi connectivity index (χ3v) is 7.95. The van der Waals surface area contributed by atoms with Gasteiger partial charge in [-0.1, -0.05) is 22.9 Å². The predicted molar refractivity (Wildman–Crippen MR) is 129 cm³/mol. The molecule has 3 aromatic heterocycles. The van der Waals surface area contributed by atoms with Crippen LogP contribution in [0.5, 0.6) is 0 Å². The Morgan fingerprint density at radius 2 is 2.03 bits per heavy atom. The molecule has 1 amide bonds. The van der Waals surface area contributed by atoms with Gasteiger partial charge in [-0.15, -0.1) is 5.10 Å². The van der Waals surface area contributed by atoms with E-state index >= 15 is 4.39 Å². The molecular weight excluding hydrogens is 485 g/mol. The largest absolute Gasteiger partial charge is 0.346 e. The van der Waals surface area contributed by atoms with Gasteiger partial charge in [0, 0.05) is 35.5 Å². The number of H-pyrrole nitrogens is 1. The summed E-state index contributed by atoms with van der Waals surface area (Å²) in [4.78, 5) is 34.9. The SMILES string of the molecule is Cn1nncc1-c1cnc([C@@H]2CCc3c4c(cc(=O)n32)-c2c(ccc(Cl)c2F)CC2(CC2)NC4=O)[nH]1. The van der Waals surface area contributed by atoms with Gasteiger partial charge in [0.2, 0.25) is 0 Å². The van der Waals surface area contributed by atoms with Crippen LogP contribution in [0.1, 0.15) is 52.7 Å². The molecule has 1 aromatic carbocycles. The van der Waals surface area contributed by atoms with Crippen molar-refractivity contribution in [3.63, 3.8) is 0 Å². The van der Waals surface area contributed by atoms with Gasteiger partial charge in [0.05, 0.1) is 34.7 Å². The number of carbonyl (C=O) groups excluding carboxylic acids is 1. The summed E-state index contributed by atoms with van der Waals surface area (Å²) in [7, 11) is 1.78. The molecule has 2 aliphatic heterocycles. The number of fused-ring (bicyclic) bond motifs is 5. The monoisotopic (exact) mass is 505 g/mol. The van der Waals surface area contributed by atoms with Crippen molar-refractivity contribution in [3.8, 4) is 22.5 Å². The van der Waals surface area contributed by atoms with Gasteiger partial charge in [-0.25, -0.2) is 14.1 Å². The van der Waals surface area contributed by atoms with Crippen molar-refractivity contribution in [2.45, 2.75) is 43.7 Å². The standard InChI is InChI=1S/C25H21ClFN7O2/c1-33-18(11-29-32-33)15-10-28-23(30-15)17-5-4-16-21-13(8-19(35)34(16)17)20-12(2-3-14(26)22(20)27)9-25(6-7-25)31-24(21)36/h2-3,8,10-11,17H,4-7,9H2,1H3,(H,28,30)(H,31,36)/t17-/m0/s1. The van der Waals surface area contributed by atoms with Crippen LogP contribution < -0.4 is 10.9 Å². The Bertz CT molecular complexity index is 1650. The van der Waals surface area contributed by atoms with Gasteiger partial charge >= 0.3 is 0 Å². The number of amides is 1. The molecule has 5 heterocycles. The van der Waals surface area contributed by atoms with Crippen LogP contribution in [0.2, 0.25) is 5.02 Å². The van der Waals surface area contributed by atoms with Gasteiger partial charge in [-0.2, -0.15) is 0 Å². The number of aromatic nitrogens is 6. The highest BCUT2D eigenvalue weighted by Gasteiger charge is 2.47. The van der Waals surface area contributed by atoms with Crippen molar-refractivity contribution in [2.24, 2.45) is 7.05 Å². The lowest BCUT2D eigenvalue weighted by atomic mass is 9.88. The number of hydrogen-bond donors (Lipinski definition) is 2. The van der Waals surface area contributed by atoms with Crippen molar-refractivity contribution < 1.29 is 9.18 Å². The lowest BCUT2D eigenvalue weighted by molar-refractivity contribution is 0.0929. The summed E-state index contributed by atoms with van der Waals surface area (Å²) in [6, 6.07) is 4.32. The van der Waals surface area contributed by atoms with Crippen LogP contribution in [0.4, 0.5) is 4.39 Å². The number of rotatable bonds is 2. The van der Waals surface area contributed by atoms with Crippen LogP contribution in [0.3, 0.4) is 0 Å². The summed E-state index contributed by atoms with van der Waals surface area (Å²) in [5, 5.41) is 11.0. The highest BCUT2D eigenvalue weighted by atomic mass is 35.5. The molecule has 36 heavy (non-hydrogen) atoms. The van der Waals surface area contributed by atoms with Crippen LogP contribution in [0.25, 0.3) is 22.5 Å². The molecule has 9 nitrogen and oxygen atoms in total. The first-order valence-corrected chi connectivity index (χ1v) is 12.2. The van der Waals surface area contributed by atoms with Crippen LogP contribution in [0.15, 0.2) is 35.4 Å². The van der Waals surface area contributed by atoms with Crippen molar-refractivity contribution in [1.82, 2.24) is 34.8 Å². The maximum absolute atomic E-state index is 15.5. The van der Waals surface area contributed by atoms with E-state index in [-0.39, 0.29) is 33.6 Å². The van der Waals surface area contributed by atoms with Gasteiger partial charge in [-0.3, -0.25) is 9.59 Å². The van der Waals surface area contributed by atoms with E-state index in [0.29, 0.717) is 41.9 Å². The normalized spacial score (nSPS) is 19.3. The Morgan fingerprint density at radius 3 is 2.78 bits per heavy atom. The number of nitrogens with zero attached hydrogens (tertiary/aromatic N) is 5. The Balaban J connectivity index is 1.41. The third kappa shape index (κ3) is 3.03. The highest BCUT2D eigenvalue weighted by Crippen LogP contribution is 2.46. The number of nitrogens with one attached hydrogen (secondary N) is 2. The number of halogens is 2. The summed E-state index contributed by atoms with van der Waals surface area (Å²) in [5.74, 6) is -0.273. The minimum Gasteiger partial charge on any atom is -0.346 e. The number of benzene rings is 1. The molecule has 4 aromatic rings. The average molecular weight is 506 g/mol. The number of pyridine rings is 1. The lowest BCUT2D eigenvalue weighted by Crippen LogP contribution is -2.41. The molecular formula is C25H21ClFN7O2. The molecule has 1 aliphatic carbocycles.